The van der Waals surface area contributed by atoms with Crippen molar-refractivity contribution in [1.82, 2.24) is 10.2 Å². The number of rotatable bonds is 0. The van der Waals surface area contributed by atoms with Crippen molar-refractivity contribution in [1.29, 1.82) is 10.5 Å². The second kappa shape index (κ2) is 3.79. The number of alkyl halides is 1. The van der Waals surface area contributed by atoms with Crippen LogP contribution in [0.3, 0.4) is 0 Å². The van der Waals surface area contributed by atoms with Crippen LogP contribution < -0.4 is 5.32 Å². The van der Waals surface area contributed by atoms with Gasteiger partial charge in [0.2, 0.25) is 0 Å². The minimum absolute atomic E-state index is 0.176. The smallest absolute Gasteiger partial charge is 0.186 e. The van der Waals surface area contributed by atoms with Gasteiger partial charge in [-0.3, -0.25) is 4.99 Å². The van der Waals surface area contributed by atoms with Gasteiger partial charge in [-0.25, -0.2) is 4.90 Å². The van der Waals surface area contributed by atoms with Crippen molar-refractivity contribution in [3.05, 3.63) is 11.9 Å². The summed E-state index contributed by atoms with van der Waals surface area (Å²) in [5.41, 5.74) is -0.551. The molecule has 66 valence electrons. The highest BCUT2D eigenvalue weighted by molar-refractivity contribution is 6.32. The Labute approximate surface area is 80.5 Å². The minimum Gasteiger partial charge on any atom is -0.345 e. The van der Waals surface area contributed by atoms with Crippen LogP contribution in [0.25, 0.3) is 0 Å². The maximum Gasteiger partial charge on any atom is 0.186 e. The molecule has 0 spiro atoms. The van der Waals surface area contributed by atoms with Crippen LogP contribution in [0.15, 0.2) is 16.9 Å². The Hall–Kier alpha value is -1.72. The van der Waals surface area contributed by atoms with Gasteiger partial charge in [0.15, 0.2) is 11.7 Å². The maximum atomic E-state index is 8.69. The lowest BCUT2D eigenvalue weighted by atomic mass is 10.3. The molecule has 13 heavy (non-hydrogen) atoms. The summed E-state index contributed by atoms with van der Waals surface area (Å²) in [5, 5.41) is 20.0. The van der Waals surface area contributed by atoms with Gasteiger partial charge < -0.3 is 5.32 Å². The number of halogens is 1. The Balaban J connectivity index is 3.05. The van der Waals surface area contributed by atoms with Gasteiger partial charge in [0.1, 0.15) is 17.6 Å². The van der Waals surface area contributed by atoms with Gasteiger partial charge in [-0.05, 0) is 0 Å². The van der Waals surface area contributed by atoms with Crippen LogP contribution in [-0.4, -0.2) is 23.3 Å². The molecule has 1 aliphatic heterocycles. The van der Waals surface area contributed by atoms with Gasteiger partial charge >= 0.3 is 0 Å². The fraction of sp³-hybridized carbons (Fsp3) is 0.286. The summed E-state index contributed by atoms with van der Waals surface area (Å²) in [4.78, 5) is 4.91. The number of amidine groups is 1. The van der Waals surface area contributed by atoms with Crippen molar-refractivity contribution in [3.8, 4) is 12.3 Å². The molecule has 1 atom stereocenters. The number of allylic oxidation sites excluding steroid dienone is 1. The monoisotopic (exact) mass is 195 g/mol. The number of nitriles is 2. The lowest BCUT2D eigenvalue weighted by Gasteiger charge is -2.25. The van der Waals surface area contributed by atoms with Crippen LogP contribution in [0.1, 0.15) is 0 Å². The van der Waals surface area contributed by atoms with Crippen LogP contribution in [0.5, 0.6) is 0 Å². The number of hydrogen-bond donors (Lipinski definition) is 1. The average molecular weight is 196 g/mol. The first kappa shape index (κ1) is 9.37. The van der Waals surface area contributed by atoms with Crippen LogP contribution >= 0.6 is 11.6 Å². The molecule has 0 fully saturated rings. The first-order chi connectivity index (χ1) is 6.24. The SMILES string of the molecule is CN=C1NC=C(C#N)N(C#N)C1Cl. The third kappa shape index (κ3) is 1.56. The maximum absolute atomic E-state index is 8.69. The molecule has 0 bridgehead atoms. The van der Waals surface area contributed by atoms with E-state index in [-0.39, 0.29) is 5.70 Å². The normalized spacial score (nSPS) is 24.3. The predicted molar refractivity (Wildman–Crippen MR) is 47.3 cm³/mol. The first-order valence-corrected chi connectivity index (χ1v) is 3.84. The van der Waals surface area contributed by atoms with Gasteiger partial charge in [0.25, 0.3) is 0 Å². The molecular weight excluding hydrogens is 190 g/mol. The summed E-state index contributed by atoms with van der Waals surface area (Å²) in [7, 11) is 1.55. The van der Waals surface area contributed by atoms with Crippen LogP contribution in [-0.2, 0) is 0 Å². The number of hydrogen-bond acceptors (Lipinski definition) is 4. The third-order valence-corrected chi connectivity index (χ3v) is 1.93. The summed E-state index contributed by atoms with van der Waals surface area (Å²) < 4.78 is 0. The molecule has 0 saturated heterocycles. The van der Waals surface area contributed by atoms with Gasteiger partial charge in [-0.2, -0.15) is 10.5 Å². The van der Waals surface area contributed by atoms with Crippen molar-refractivity contribution in [2.24, 2.45) is 4.99 Å². The molecule has 1 N–H and O–H groups in total. The molecule has 0 aromatic heterocycles. The van der Waals surface area contributed by atoms with E-state index in [0.29, 0.717) is 5.84 Å². The highest BCUT2D eigenvalue weighted by Crippen LogP contribution is 2.15. The molecule has 1 rings (SSSR count). The molecular formula is C7H6ClN5. The lowest BCUT2D eigenvalue weighted by Crippen LogP contribution is -2.43. The molecule has 0 saturated carbocycles. The molecule has 1 unspecified atom stereocenters. The van der Waals surface area contributed by atoms with Gasteiger partial charge in [0.05, 0.1) is 0 Å². The van der Waals surface area contributed by atoms with Crippen molar-refractivity contribution in [3.63, 3.8) is 0 Å². The zero-order valence-electron chi connectivity index (χ0n) is 6.82. The summed E-state index contributed by atoms with van der Waals surface area (Å²) in [6, 6.07) is 1.84. The van der Waals surface area contributed by atoms with Gasteiger partial charge in [-0.15, -0.1) is 0 Å². The summed E-state index contributed by atoms with van der Waals surface area (Å²) in [6.45, 7) is 0. The Morgan fingerprint density at radius 3 is 2.85 bits per heavy atom. The quantitative estimate of drug-likeness (QED) is 0.343. The Bertz CT molecular complexity index is 345. The number of nitrogens with one attached hydrogen (secondary N) is 1. The molecule has 0 amide bonds. The highest BCUT2D eigenvalue weighted by atomic mass is 35.5. The van der Waals surface area contributed by atoms with E-state index >= 15 is 0 Å². The Morgan fingerprint density at radius 2 is 2.38 bits per heavy atom. The highest BCUT2D eigenvalue weighted by Gasteiger charge is 2.27. The summed E-state index contributed by atoms with van der Waals surface area (Å²) in [6.07, 6.45) is 3.20. The van der Waals surface area contributed by atoms with Crippen molar-refractivity contribution >= 4 is 17.4 Å². The molecule has 1 heterocycles. The second-order valence-electron chi connectivity index (χ2n) is 2.20. The van der Waals surface area contributed by atoms with E-state index in [0.717, 1.165) is 4.90 Å². The van der Waals surface area contributed by atoms with Gasteiger partial charge in [0, 0.05) is 13.2 Å². The van der Waals surface area contributed by atoms with E-state index in [9.17, 15) is 0 Å². The van der Waals surface area contributed by atoms with E-state index in [1.165, 1.54) is 6.20 Å². The van der Waals surface area contributed by atoms with E-state index in [2.05, 4.69) is 10.3 Å². The largest absolute Gasteiger partial charge is 0.345 e. The average Bonchev–Trinajstić information content (AvgIpc) is 2.17. The molecule has 0 aromatic rings. The first-order valence-electron chi connectivity index (χ1n) is 3.41. The topological polar surface area (TPSA) is 75.2 Å². The van der Waals surface area contributed by atoms with Crippen molar-refractivity contribution in [2.45, 2.75) is 5.50 Å². The van der Waals surface area contributed by atoms with E-state index in [1.807, 2.05) is 12.3 Å². The standard InChI is InChI=1S/C7H6ClN5/c1-11-7-6(8)13(4-10)5(2-9)3-12-7/h3,6H,1H3,(H,11,12). The van der Waals surface area contributed by atoms with Crippen LogP contribution in [0.4, 0.5) is 0 Å². The Morgan fingerprint density at radius 1 is 1.69 bits per heavy atom. The molecule has 0 radical (unpaired) electrons. The van der Waals surface area contributed by atoms with Crippen LogP contribution in [0, 0.1) is 22.8 Å². The second-order valence-corrected chi connectivity index (χ2v) is 2.61. The minimum atomic E-state index is -0.727. The Kier molecular flexibility index (Phi) is 2.73. The third-order valence-electron chi connectivity index (χ3n) is 1.53. The van der Waals surface area contributed by atoms with Crippen LogP contribution in [0.2, 0.25) is 0 Å². The fourth-order valence-electron chi connectivity index (χ4n) is 0.887. The fourth-order valence-corrected chi connectivity index (χ4v) is 1.20. The zero-order valence-corrected chi connectivity index (χ0v) is 7.58. The number of aliphatic imine (C=N–C) groups is 1. The van der Waals surface area contributed by atoms with Gasteiger partial charge in [-0.1, -0.05) is 11.6 Å². The number of nitrogens with zero attached hydrogens (tertiary/aromatic N) is 4. The zero-order chi connectivity index (χ0) is 9.84. The molecule has 0 aliphatic carbocycles. The molecule has 1 aliphatic rings. The summed E-state index contributed by atoms with van der Waals surface area (Å²) in [5.74, 6) is 0.446. The van der Waals surface area contributed by atoms with E-state index in [1.54, 1.807) is 7.05 Å². The summed E-state index contributed by atoms with van der Waals surface area (Å²) >= 11 is 5.84. The predicted octanol–water partition coefficient (Wildman–Crippen LogP) is 0.331. The molecule has 5 nitrogen and oxygen atoms in total. The lowest BCUT2D eigenvalue weighted by molar-refractivity contribution is 0.512. The molecule has 6 heteroatoms. The van der Waals surface area contributed by atoms with Crippen molar-refractivity contribution < 1.29 is 0 Å². The van der Waals surface area contributed by atoms with E-state index in [4.69, 9.17) is 22.1 Å². The molecule has 0 aromatic carbocycles. The van der Waals surface area contributed by atoms with E-state index < -0.39 is 5.50 Å². The van der Waals surface area contributed by atoms with Crippen molar-refractivity contribution in [2.75, 3.05) is 7.05 Å².